The second-order valence-electron chi connectivity index (χ2n) is 12.4. The topological polar surface area (TPSA) is 37.7 Å². The lowest BCUT2D eigenvalue weighted by Gasteiger charge is -2.34. The molecule has 0 radical (unpaired) electrons. The van der Waals surface area contributed by atoms with Crippen molar-refractivity contribution >= 4 is 11.4 Å². The fourth-order valence-corrected chi connectivity index (χ4v) is 6.46. The van der Waals surface area contributed by atoms with Crippen LogP contribution in [0.1, 0.15) is 33.4 Å². The van der Waals surface area contributed by atoms with E-state index in [0.29, 0.717) is 0 Å². The summed E-state index contributed by atoms with van der Waals surface area (Å²) in [5.41, 5.74) is 10.0. The van der Waals surface area contributed by atoms with E-state index in [2.05, 4.69) is 127 Å². The molecule has 0 amide bonds. The summed E-state index contributed by atoms with van der Waals surface area (Å²) < 4.78 is 0. The first-order valence-electron chi connectivity index (χ1n) is 15.8. The van der Waals surface area contributed by atoms with Gasteiger partial charge in [0.25, 0.3) is 0 Å². The maximum absolute atomic E-state index is 4.50. The van der Waals surface area contributed by atoms with Crippen LogP contribution in [0.15, 0.2) is 107 Å². The molecule has 0 saturated carbocycles. The lowest BCUT2D eigenvalue weighted by atomic mass is 10.0. The van der Waals surface area contributed by atoms with Gasteiger partial charge in [-0.25, -0.2) is 0 Å². The van der Waals surface area contributed by atoms with Gasteiger partial charge in [-0.2, -0.15) is 10.2 Å². The van der Waals surface area contributed by atoms with E-state index in [1.54, 1.807) is 0 Å². The summed E-state index contributed by atoms with van der Waals surface area (Å²) in [7, 11) is 0. The average Bonchev–Trinajstić information content (AvgIpc) is 3.05. The zero-order chi connectivity index (χ0) is 28.8. The van der Waals surface area contributed by atoms with Crippen molar-refractivity contribution in [2.24, 2.45) is 10.2 Å². The molecule has 0 aromatic heterocycles. The van der Waals surface area contributed by atoms with Gasteiger partial charge in [-0.3, -0.25) is 19.6 Å². The predicted octanol–water partition coefficient (Wildman–Crippen LogP) is 6.64. The van der Waals surface area contributed by atoms with Crippen LogP contribution in [0.2, 0.25) is 0 Å². The van der Waals surface area contributed by atoms with Gasteiger partial charge in [-0.1, -0.05) is 72.8 Å². The van der Waals surface area contributed by atoms with Crippen LogP contribution < -0.4 is 0 Å². The Balaban J connectivity index is 1.05. The lowest BCUT2D eigenvalue weighted by molar-refractivity contribution is 0.122. The van der Waals surface area contributed by atoms with Gasteiger partial charge >= 0.3 is 0 Å². The first-order valence-corrected chi connectivity index (χ1v) is 15.8. The van der Waals surface area contributed by atoms with Crippen molar-refractivity contribution in [2.75, 3.05) is 52.4 Å². The van der Waals surface area contributed by atoms with Gasteiger partial charge in [-0.05, 0) is 64.1 Å². The Morgan fingerprint density at radius 2 is 0.535 bits per heavy atom. The highest BCUT2D eigenvalue weighted by Crippen LogP contribution is 2.22. The van der Waals surface area contributed by atoms with Crippen molar-refractivity contribution in [3.8, 4) is 0 Å². The Morgan fingerprint density at radius 3 is 0.814 bits per heavy atom. The third-order valence-corrected chi connectivity index (χ3v) is 9.16. The molecule has 22 rings (SSSR count). The average molecular weight is 571 g/mol. The van der Waals surface area contributed by atoms with Crippen molar-refractivity contribution in [3.63, 3.8) is 0 Å². The Hall–Kier alpha value is -3.68. The molecule has 6 nitrogen and oxygen atoms in total. The van der Waals surface area contributed by atoms with Crippen LogP contribution in [0.4, 0.5) is 11.4 Å². The van der Waals surface area contributed by atoms with E-state index in [9.17, 15) is 0 Å². The summed E-state index contributed by atoms with van der Waals surface area (Å²) in [5.74, 6) is 0. The predicted molar refractivity (Wildman–Crippen MR) is 174 cm³/mol. The molecule has 6 heteroatoms. The summed E-state index contributed by atoms with van der Waals surface area (Å²) in [6.07, 6.45) is 0.988. The van der Waals surface area contributed by atoms with E-state index in [4.69, 9.17) is 0 Å². The molecule has 4 aromatic carbocycles. The summed E-state index contributed by atoms with van der Waals surface area (Å²) >= 11 is 0. The molecule has 4 aromatic rings. The summed E-state index contributed by atoms with van der Waals surface area (Å²) in [6, 6.07) is 35.7. The van der Waals surface area contributed by atoms with E-state index in [1.165, 1.54) is 33.4 Å². The molecule has 43 heavy (non-hydrogen) atoms. The number of benzene rings is 4. The monoisotopic (exact) mass is 570 g/mol. The minimum atomic E-state index is 0.896. The fraction of sp³-hybridized carbons (Fsp3) is 0.351. The lowest BCUT2D eigenvalue weighted by Crippen LogP contribution is -2.45. The molecule has 18 aliphatic rings. The second-order valence-corrected chi connectivity index (χ2v) is 12.4. The van der Waals surface area contributed by atoms with Crippen LogP contribution in [0.25, 0.3) is 0 Å². The highest BCUT2D eigenvalue weighted by Gasteiger charge is 2.18. The van der Waals surface area contributed by atoms with Crippen LogP contribution in [-0.4, -0.2) is 72.0 Å². The van der Waals surface area contributed by atoms with Crippen molar-refractivity contribution < 1.29 is 0 Å². The molecule has 220 valence electrons. The Bertz CT molecular complexity index is 1360. The highest BCUT2D eigenvalue weighted by molar-refractivity contribution is 5.42. The molecule has 0 aliphatic carbocycles. The molecule has 2 fully saturated rings. The summed E-state index contributed by atoms with van der Waals surface area (Å²) in [5, 5.41) is 9.00. The number of nitrogens with zero attached hydrogens (tertiary/aromatic N) is 6. The van der Waals surface area contributed by atoms with Crippen LogP contribution in [-0.2, 0) is 32.6 Å². The number of azo groups is 1. The molecule has 18 heterocycles. The van der Waals surface area contributed by atoms with Gasteiger partial charge in [0.15, 0.2) is 0 Å². The maximum atomic E-state index is 4.50. The number of piperazine rings is 2. The van der Waals surface area contributed by atoms with E-state index in [-0.39, 0.29) is 0 Å². The third kappa shape index (κ3) is 7.64. The summed E-state index contributed by atoms with van der Waals surface area (Å²) in [4.78, 5) is 10.3. The highest BCUT2D eigenvalue weighted by atomic mass is 15.3. The second kappa shape index (κ2) is 13.3. The van der Waals surface area contributed by atoms with Crippen molar-refractivity contribution in [2.45, 2.75) is 32.6 Å². The molecular weight excluding hydrogens is 528 g/mol. The van der Waals surface area contributed by atoms with Gasteiger partial charge in [0, 0.05) is 78.5 Å². The van der Waals surface area contributed by atoms with Crippen LogP contribution in [0, 0.1) is 0 Å². The van der Waals surface area contributed by atoms with E-state index in [1.807, 2.05) is 0 Å². The molecule has 0 spiro atoms. The van der Waals surface area contributed by atoms with E-state index < -0.39 is 0 Å². The van der Waals surface area contributed by atoms with Crippen molar-refractivity contribution in [1.29, 1.82) is 0 Å². The summed E-state index contributed by atoms with van der Waals surface area (Å²) in [6.45, 7) is 12.8. The standard InChI is InChI=1S/C37H42N6/c1-5-32-6-2-30(1)25-31-3-7-33(8-4-31)27-41-19-23-43(24-20-41)29-35-11-15-37(16-12-35)39-38-36-13-9-34(10-14-36)28-42-21-17-40(26-32)18-22-42/h1-16H,17-29H2. The normalized spacial score (nSPS) is 24.4. The molecule has 0 unspecified atom stereocenters. The smallest absolute Gasteiger partial charge is 0.0857 e. The van der Waals surface area contributed by atoms with Gasteiger partial charge < -0.3 is 0 Å². The minimum absolute atomic E-state index is 0.896. The maximum Gasteiger partial charge on any atom is 0.0857 e. The molecule has 0 atom stereocenters. The molecule has 12 bridgehead atoms. The van der Waals surface area contributed by atoms with Crippen molar-refractivity contribution in [1.82, 2.24) is 19.6 Å². The quantitative estimate of drug-likeness (QED) is 0.238. The zero-order valence-corrected chi connectivity index (χ0v) is 25.1. The van der Waals surface area contributed by atoms with Gasteiger partial charge in [0.1, 0.15) is 0 Å². The number of hydrogen-bond acceptors (Lipinski definition) is 6. The molecule has 0 N–H and O–H groups in total. The van der Waals surface area contributed by atoms with Crippen LogP contribution >= 0.6 is 0 Å². The first-order chi connectivity index (χ1) is 21.2. The first kappa shape index (κ1) is 28.1. The Labute approximate surface area is 256 Å². The number of rotatable bonds is 0. The van der Waals surface area contributed by atoms with Gasteiger partial charge in [-0.15, -0.1) is 0 Å². The zero-order valence-electron chi connectivity index (χ0n) is 25.1. The number of hydrogen-bond donors (Lipinski definition) is 0. The molecule has 18 aliphatic heterocycles. The Kier molecular flexibility index (Phi) is 8.70. The largest absolute Gasteiger partial charge is 0.297 e. The van der Waals surface area contributed by atoms with E-state index in [0.717, 1.165) is 96.3 Å². The molecular formula is C37H42N6. The van der Waals surface area contributed by atoms with Gasteiger partial charge in [0.2, 0.25) is 0 Å². The van der Waals surface area contributed by atoms with Gasteiger partial charge in [0.05, 0.1) is 11.4 Å². The van der Waals surface area contributed by atoms with Crippen molar-refractivity contribution in [3.05, 3.63) is 130 Å². The third-order valence-electron chi connectivity index (χ3n) is 9.16. The molecule has 2 saturated heterocycles. The minimum Gasteiger partial charge on any atom is -0.297 e. The van der Waals surface area contributed by atoms with E-state index >= 15 is 0 Å². The van der Waals surface area contributed by atoms with Crippen LogP contribution in [0.5, 0.6) is 0 Å². The van der Waals surface area contributed by atoms with Crippen LogP contribution in [0.3, 0.4) is 0 Å². The SMILES string of the molecule is c1cc2ccc1Cc1ccc(cc1)CN1CCN(CC1)Cc1ccc(cc1)N=Nc1ccc(cc1)CN1CCN(CC1)C2. The Morgan fingerprint density at radius 1 is 0.302 bits per heavy atom. The fourth-order valence-electron chi connectivity index (χ4n) is 6.46.